The maximum Gasteiger partial charge on any atom is 0.270 e. The van der Waals surface area contributed by atoms with Crippen LogP contribution in [-0.2, 0) is 12.8 Å². The van der Waals surface area contributed by atoms with Crippen LogP contribution in [0.1, 0.15) is 11.3 Å². The van der Waals surface area contributed by atoms with Gasteiger partial charge in [-0.2, -0.15) is 0 Å². The minimum atomic E-state index is -0.450. The molecule has 0 aliphatic heterocycles. The third kappa shape index (κ3) is 3.05. The van der Waals surface area contributed by atoms with Crippen LogP contribution in [0.25, 0.3) is 0 Å². The molecule has 0 aliphatic carbocycles. The molecule has 1 heterocycles. The number of pyridine rings is 1. The van der Waals surface area contributed by atoms with Gasteiger partial charge in [0.05, 0.1) is 9.95 Å². The Balaban J connectivity index is 2.08. The van der Waals surface area contributed by atoms with Gasteiger partial charge in [0.2, 0.25) is 0 Å². The fourth-order valence-corrected chi connectivity index (χ4v) is 1.93. The standard InChI is InChI=1S/C13H11ClN2O2/c14-13-9-12(16(17)18)7-5-10(13)4-6-11-3-1-2-8-15-11/h1-3,5,7-9H,4,6H2. The number of aromatic nitrogens is 1. The highest BCUT2D eigenvalue weighted by atomic mass is 35.5. The minimum absolute atomic E-state index is 0.0154. The second kappa shape index (κ2) is 5.60. The Kier molecular flexibility index (Phi) is 3.89. The summed E-state index contributed by atoms with van der Waals surface area (Å²) < 4.78 is 0. The Morgan fingerprint density at radius 1 is 1.22 bits per heavy atom. The van der Waals surface area contributed by atoms with Gasteiger partial charge in [0.25, 0.3) is 5.69 Å². The molecular weight excluding hydrogens is 252 g/mol. The van der Waals surface area contributed by atoms with Crippen LogP contribution >= 0.6 is 11.6 Å². The van der Waals surface area contributed by atoms with Gasteiger partial charge in [0.1, 0.15) is 0 Å². The van der Waals surface area contributed by atoms with Crippen molar-refractivity contribution in [3.63, 3.8) is 0 Å². The summed E-state index contributed by atoms with van der Waals surface area (Å²) in [6.07, 6.45) is 3.22. The molecule has 4 nitrogen and oxygen atoms in total. The van der Waals surface area contributed by atoms with E-state index in [0.717, 1.165) is 17.7 Å². The van der Waals surface area contributed by atoms with Gasteiger partial charge in [-0.1, -0.05) is 23.7 Å². The zero-order valence-corrected chi connectivity index (χ0v) is 10.3. The summed E-state index contributed by atoms with van der Waals surface area (Å²) in [4.78, 5) is 14.3. The first-order valence-corrected chi connectivity index (χ1v) is 5.87. The van der Waals surface area contributed by atoms with Crippen molar-refractivity contribution < 1.29 is 4.92 Å². The SMILES string of the molecule is O=[N+]([O-])c1ccc(CCc2ccccn2)c(Cl)c1. The van der Waals surface area contributed by atoms with Crippen molar-refractivity contribution in [1.82, 2.24) is 4.98 Å². The number of benzene rings is 1. The van der Waals surface area contributed by atoms with Gasteiger partial charge in [0.15, 0.2) is 0 Å². The zero-order valence-electron chi connectivity index (χ0n) is 9.54. The third-order valence-electron chi connectivity index (χ3n) is 2.62. The second-order valence-electron chi connectivity index (χ2n) is 3.85. The third-order valence-corrected chi connectivity index (χ3v) is 2.98. The molecule has 0 saturated heterocycles. The van der Waals surface area contributed by atoms with Crippen LogP contribution in [0.3, 0.4) is 0 Å². The van der Waals surface area contributed by atoms with Gasteiger partial charge in [-0.3, -0.25) is 15.1 Å². The van der Waals surface area contributed by atoms with Crippen molar-refractivity contribution in [1.29, 1.82) is 0 Å². The molecule has 1 aromatic carbocycles. The van der Waals surface area contributed by atoms with Crippen molar-refractivity contribution in [3.05, 3.63) is 69.0 Å². The summed E-state index contributed by atoms with van der Waals surface area (Å²) >= 11 is 6.01. The molecule has 2 aromatic rings. The number of non-ortho nitro benzene ring substituents is 1. The summed E-state index contributed by atoms with van der Waals surface area (Å²) in [5.74, 6) is 0. The predicted molar refractivity (Wildman–Crippen MR) is 69.8 cm³/mol. The van der Waals surface area contributed by atoms with Crippen LogP contribution in [0.2, 0.25) is 5.02 Å². The van der Waals surface area contributed by atoms with Crippen LogP contribution in [0.15, 0.2) is 42.6 Å². The van der Waals surface area contributed by atoms with Gasteiger partial charge >= 0.3 is 0 Å². The number of hydrogen-bond acceptors (Lipinski definition) is 3. The van der Waals surface area contributed by atoms with E-state index in [9.17, 15) is 10.1 Å². The lowest BCUT2D eigenvalue weighted by atomic mass is 10.1. The first kappa shape index (κ1) is 12.5. The molecule has 2 rings (SSSR count). The normalized spacial score (nSPS) is 10.3. The van der Waals surface area contributed by atoms with Crippen LogP contribution in [-0.4, -0.2) is 9.91 Å². The number of nitrogens with zero attached hydrogens (tertiary/aromatic N) is 2. The molecule has 0 atom stereocenters. The highest BCUT2D eigenvalue weighted by molar-refractivity contribution is 6.31. The number of nitro groups is 1. The summed E-state index contributed by atoms with van der Waals surface area (Å²) in [6, 6.07) is 10.3. The van der Waals surface area contributed by atoms with Gasteiger partial charge in [-0.25, -0.2) is 0 Å². The number of rotatable bonds is 4. The highest BCUT2D eigenvalue weighted by Gasteiger charge is 2.09. The number of aryl methyl sites for hydroxylation is 2. The van der Waals surface area contributed by atoms with Crippen molar-refractivity contribution >= 4 is 17.3 Å². The molecule has 0 aliphatic rings. The Morgan fingerprint density at radius 2 is 2.06 bits per heavy atom. The lowest BCUT2D eigenvalue weighted by molar-refractivity contribution is -0.384. The fraction of sp³-hybridized carbons (Fsp3) is 0.154. The topological polar surface area (TPSA) is 56.0 Å². The molecule has 0 radical (unpaired) electrons. The number of halogens is 1. The van der Waals surface area contributed by atoms with E-state index in [1.54, 1.807) is 12.3 Å². The van der Waals surface area contributed by atoms with E-state index in [1.165, 1.54) is 12.1 Å². The van der Waals surface area contributed by atoms with E-state index < -0.39 is 4.92 Å². The second-order valence-corrected chi connectivity index (χ2v) is 4.26. The van der Waals surface area contributed by atoms with Crippen molar-refractivity contribution in [2.24, 2.45) is 0 Å². The Bertz CT molecular complexity index is 558. The van der Waals surface area contributed by atoms with E-state index in [1.807, 2.05) is 18.2 Å². The number of nitro benzene ring substituents is 1. The Hall–Kier alpha value is -1.94. The van der Waals surface area contributed by atoms with Gasteiger partial charge in [-0.15, -0.1) is 0 Å². The van der Waals surface area contributed by atoms with E-state index in [-0.39, 0.29) is 5.69 Å². The molecule has 0 unspecified atom stereocenters. The maximum absolute atomic E-state index is 10.6. The van der Waals surface area contributed by atoms with Crippen LogP contribution in [0.4, 0.5) is 5.69 Å². The molecule has 92 valence electrons. The van der Waals surface area contributed by atoms with Gasteiger partial charge in [-0.05, 0) is 30.5 Å². The van der Waals surface area contributed by atoms with E-state index in [4.69, 9.17) is 11.6 Å². The summed E-state index contributed by atoms with van der Waals surface area (Å²) in [5, 5.41) is 11.0. The lowest BCUT2D eigenvalue weighted by Gasteiger charge is -2.03. The quantitative estimate of drug-likeness (QED) is 0.626. The van der Waals surface area contributed by atoms with Crippen LogP contribution < -0.4 is 0 Å². The first-order chi connectivity index (χ1) is 8.66. The highest BCUT2D eigenvalue weighted by Crippen LogP contribution is 2.23. The van der Waals surface area contributed by atoms with Gasteiger partial charge < -0.3 is 0 Å². The fourth-order valence-electron chi connectivity index (χ4n) is 1.66. The lowest BCUT2D eigenvalue weighted by Crippen LogP contribution is -1.95. The van der Waals surface area contributed by atoms with E-state index in [2.05, 4.69) is 4.98 Å². The summed E-state index contributed by atoms with van der Waals surface area (Å²) in [5.41, 5.74) is 1.89. The van der Waals surface area contributed by atoms with Crippen molar-refractivity contribution in [2.45, 2.75) is 12.8 Å². The Labute approximate surface area is 109 Å². The molecule has 0 amide bonds. The molecule has 5 heteroatoms. The summed E-state index contributed by atoms with van der Waals surface area (Å²) in [6.45, 7) is 0. The average molecular weight is 263 g/mol. The molecule has 0 bridgehead atoms. The molecule has 0 spiro atoms. The molecule has 18 heavy (non-hydrogen) atoms. The number of hydrogen-bond donors (Lipinski definition) is 0. The smallest absolute Gasteiger partial charge is 0.261 e. The summed E-state index contributed by atoms with van der Waals surface area (Å²) in [7, 11) is 0. The predicted octanol–water partition coefficient (Wildman–Crippen LogP) is 3.43. The van der Waals surface area contributed by atoms with Crippen LogP contribution in [0, 0.1) is 10.1 Å². The zero-order chi connectivity index (χ0) is 13.0. The minimum Gasteiger partial charge on any atom is -0.261 e. The maximum atomic E-state index is 10.6. The van der Waals surface area contributed by atoms with Crippen molar-refractivity contribution in [2.75, 3.05) is 0 Å². The average Bonchev–Trinajstić information content (AvgIpc) is 2.38. The molecule has 1 aromatic heterocycles. The molecular formula is C13H11ClN2O2. The molecule has 0 fully saturated rings. The molecule has 0 N–H and O–H groups in total. The Morgan fingerprint density at radius 3 is 2.67 bits per heavy atom. The largest absolute Gasteiger partial charge is 0.270 e. The van der Waals surface area contributed by atoms with Crippen LogP contribution in [0.5, 0.6) is 0 Å². The monoisotopic (exact) mass is 262 g/mol. The molecule has 0 saturated carbocycles. The first-order valence-electron chi connectivity index (χ1n) is 5.49. The van der Waals surface area contributed by atoms with E-state index in [0.29, 0.717) is 11.4 Å². The van der Waals surface area contributed by atoms with Crippen molar-refractivity contribution in [3.8, 4) is 0 Å². The van der Waals surface area contributed by atoms with E-state index >= 15 is 0 Å². The van der Waals surface area contributed by atoms with Gasteiger partial charge in [0, 0.05) is 24.0 Å².